The van der Waals surface area contributed by atoms with E-state index in [2.05, 4.69) is 21.2 Å². The van der Waals surface area contributed by atoms with Crippen molar-refractivity contribution < 1.29 is 14.4 Å². The fourth-order valence-corrected chi connectivity index (χ4v) is 2.32. The van der Waals surface area contributed by atoms with Gasteiger partial charge in [0.25, 0.3) is 0 Å². The molecule has 0 aliphatic rings. The molecule has 0 bridgehead atoms. The zero-order valence-corrected chi connectivity index (χ0v) is 16.1. The van der Waals surface area contributed by atoms with Crippen molar-refractivity contribution in [3.05, 3.63) is 70.7 Å². The average molecular weight is 401 g/mol. The summed E-state index contributed by atoms with van der Waals surface area (Å²) in [5, 5.41) is 9.65. The number of carbonyl (C=O) groups is 3. The number of benzene rings is 2. The van der Waals surface area contributed by atoms with Gasteiger partial charge in [0.2, 0.25) is 5.91 Å². The van der Waals surface area contributed by atoms with Crippen molar-refractivity contribution >= 4 is 35.0 Å². The Morgan fingerprint density at radius 2 is 1.46 bits per heavy atom. The molecule has 0 aromatic heterocycles. The first-order chi connectivity index (χ1) is 13.4. The summed E-state index contributed by atoms with van der Waals surface area (Å²) in [5.41, 5.74) is 4.31. The molecule has 2 rings (SSSR count). The predicted molar refractivity (Wildman–Crippen MR) is 107 cm³/mol. The monoisotopic (exact) mass is 400 g/mol. The highest BCUT2D eigenvalue weighted by Gasteiger charge is 2.12. The number of rotatable bonds is 7. The van der Waals surface area contributed by atoms with Crippen LogP contribution < -0.4 is 16.1 Å². The molecule has 2 aromatic carbocycles. The van der Waals surface area contributed by atoms with Crippen LogP contribution in [0.4, 0.5) is 0 Å². The van der Waals surface area contributed by atoms with Gasteiger partial charge in [-0.3, -0.25) is 14.4 Å². The molecule has 3 amide bonds. The van der Waals surface area contributed by atoms with Crippen molar-refractivity contribution in [2.45, 2.75) is 26.4 Å². The summed E-state index contributed by atoms with van der Waals surface area (Å²) >= 11 is 5.81. The Kier molecular flexibility index (Phi) is 8.17. The van der Waals surface area contributed by atoms with Crippen LogP contribution in [0.15, 0.2) is 59.7 Å². The quantitative estimate of drug-likeness (QED) is 0.377. The molecule has 0 saturated carbocycles. The predicted octanol–water partition coefficient (Wildman–Crippen LogP) is 2.15. The lowest BCUT2D eigenvalue weighted by Crippen LogP contribution is -2.37. The van der Waals surface area contributed by atoms with Crippen LogP contribution in [-0.2, 0) is 27.5 Å². The molecule has 0 heterocycles. The number of nitrogens with zero attached hydrogens (tertiary/aromatic N) is 1. The van der Waals surface area contributed by atoms with Crippen molar-refractivity contribution in [2.75, 3.05) is 0 Å². The summed E-state index contributed by atoms with van der Waals surface area (Å²) in [6, 6.07) is 16.3. The van der Waals surface area contributed by atoms with E-state index in [1.807, 2.05) is 42.5 Å². The van der Waals surface area contributed by atoms with Gasteiger partial charge in [-0.1, -0.05) is 54.1 Å². The molecule has 2 aromatic rings. The zero-order chi connectivity index (χ0) is 20.4. The maximum Gasteiger partial charge on any atom is 0.329 e. The largest absolute Gasteiger partial charge is 0.352 e. The summed E-state index contributed by atoms with van der Waals surface area (Å²) in [6.07, 6.45) is -0.000492. The second-order valence-corrected chi connectivity index (χ2v) is 6.47. The molecule has 7 nitrogen and oxygen atoms in total. The Labute approximate surface area is 168 Å². The van der Waals surface area contributed by atoms with Crippen LogP contribution in [0, 0.1) is 0 Å². The number of nitrogens with one attached hydrogen (secondary N) is 3. The van der Waals surface area contributed by atoms with Crippen molar-refractivity contribution in [2.24, 2.45) is 5.10 Å². The molecule has 0 saturated heterocycles. The molecule has 0 aliphatic heterocycles. The van der Waals surface area contributed by atoms with Gasteiger partial charge < -0.3 is 10.6 Å². The molecule has 3 N–H and O–H groups in total. The van der Waals surface area contributed by atoms with Crippen LogP contribution in [0.2, 0.25) is 5.02 Å². The van der Waals surface area contributed by atoms with Crippen molar-refractivity contribution in [1.82, 2.24) is 16.1 Å². The zero-order valence-electron chi connectivity index (χ0n) is 15.4. The Balaban J connectivity index is 1.71. The molecule has 0 unspecified atom stereocenters. The van der Waals surface area contributed by atoms with Crippen LogP contribution in [0.3, 0.4) is 0 Å². The van der Waals surface area contributed by atoms with Crippen LogP contribution in [0.1, 0.15) is 24.5 Å². The lowest BCUT2D eigenvalue weighted by molar-refractivity contribution is -0.139. The molecule has 0 spiro atoms. The molecule has 0 radical (unpaired) electrons. The van der Waals surface area contributed by atoms with Gasteiger partial charge in [-0.25, -0.2) is 5.43 Å². The van der Waals surface area contributed by atoms with Crippen LogP contribution in [0.25, 0.3) is 0 Å². The van der Waals surface area contributed by atoms with Gasteiger partial charge in [0.15, 0.2) is 0 Å². The summed E-state index contributed by atoms with van der Waals surface area (Å²) in [4.78, 5) is 35.4. The molecule has 0 fully saturated rings. The molecule has 146 valence electrons. The van der Waals surface area contributed by atoms with Crippen LogP contribution >= 0.6 is 11.6 Å². The van der Waals surface area contributed by atoms with E-state index in [0.717, 1.165) is 11.1 Å². The number of amides is 3. The van der Waals surface area contributed by atoms with Crippen molar-refractivity contribution in [1.29, 1.82) is 0 Å². The number of carbonyl (C=O) groups excluding carboxylic acids is 3. The van der Waals surface area contributed by atoms with E-state index in [1.165, 1.54) is 0 Å². The highest BCUT2D eigenvalue weighted by molar-refractivity contribution is 6.35. The van der Waals surface area contributed by atoms with Gasteiger partial charge in [-0.15, -0.1) is 0 Å². The minimum absolute atomic E-state index is 0.000492. The van der Waals surface area contributed by atoms with Gasteiger partial charge in [0.05, 0.1) is 6.42 Å². The first-order valence-corrected chi connectivity index (χ1v) is 8.98. The highest BCUT2D eigenvalue weighted by atomic mass is 35.5. The van der Waals surface area contributed by atoms with E-state index in [-0.39, 0.29) is 18.9 Å². The molecule has 0 atom stereocenters. The fourth-order valence-electron chi connectivity index (χ4n) is 2.19. The third-order valence-electron chi connectivity index (χ3n) is 3.67. The lowest BCUT2D eigenvalue weighted by Gasteiger charge is -2.06. The first-order valence-electron chi connectivity index (χ1n) is 8.60. The third-order valence-corrected chi connectivity index (χ3v) is 3.92. The maximum atomic E-state index is 11.9. The van der Waals surface area contributed by atoms with E-state index < -0.39 is 11.8 Å². The van der Waals surface area contributed by atoms with Crippen molar-refractivity contribution in [3.8, 4) is 0 Å². The summed E-state index contributed by atoms with van der Waals surface area (Å²) < 4.78 is 0. The second kappa shape index (κ2) is 10.8. The van der Waals surface area contributed by atoms with E-state index in [1.54, 1.807) is 19.1 Å². The van der Waals surface area contributed by atoms with E-state index in [9.17, 15) is 14.4 Å². The minimum atomic E-state index is -0.892. The van der Waals surface area contributed by atoms with Gasteiger partial charge in [-0.2, -0.15) is 5.10 Å². The molecule has 8 heteroatoms. The SMILES string of the molecule is CC(CC(=O)NCc1ccc(Cl)cc1)=NNC(=O)C(=O)NCc1ccccc1. The standard InChI is InChI=1S/C20H21ClN4O3/c1-14(11-18(26)22-12-16-7-9-17(21)10-8-16)24-25-20(28)19(27)23-13-15-5-3-2-4-6-15/h2-10H,11-13H2,1H3,(H,22,26)(H,23,27)(H,25,28). The van der Waals surface area contributed by atoms with E-state index in [4.69, 9.17) is 11.6 Å². The number of hydrogen-bond acceptors (Lipinski definition) is 4. The molecular weight excluding hydrogens is 380 g/mol. The Morgan fingerprint density at radius 3 is 2.14 bits per heavy atom. The Bertz CT molecular complexity index is 852. The fraction of sp³-hybridized carbons (Fsp3) is 0.200. The van der Waals surface area contributed by atoms with Gasteiger partial charge in [0, 0.05) is 23.8 Å². The van der Waals surface area contributed by atoms with Crippen LogP contribution in [0.5, 0.6) is 0 Å². The molecular formula is C20H21ClN4O3. The summed E-state index contributed by atoms with van der Waals surface area (Å²) in [6.45, 7) is 2.18. The average Bonchev–Trinajstić information content (AvgIpc) is 2.70. The number of hydrogen-bond donors (Lipinski definition) is 3. The molecule has 0 aliphatic carbocycles. The van der Waals surface area contributed by atoms with Gasteiger partial charge >= 0.3 is 11.8 Å². The van der Waals surface area contributed by atoms with Crippen LogP contribution in [-0.4, -0.2) is 23.4 Å². The summed E-state index contributed by atoms with van der Waals surface area (Å²) in [7, 11) is 0. The number of hydrazone groups is 1. The Hall–Kier alpha value is -3.19. The van der Waals surface area contributed by atoms with E-state index >= 15 is 0 Å². The maximum absolute atomic E-state index is 11.9. The molecule has 28 heavy (non-hydrogen) atoms. The van der Waals surface area contributed by atoms with Crippen molar-refractivity contribution in [3.63, 3.8) is 0 Å². The van der Waals surface area contributed by atoms with E-state index in [0.29, 0.717) is 17.3 Å². The topological polar surface area (TPSA) is 99.7 Å². The smallest absolute Gasteiger partial charge is 0.329 e. The summed E-state index contributed by atoms with van der Waals surface area (Å²) in [5.74, 6) is -1.94. The normalized spacial score (nSPS) is 10.9. The highest BCUT2D eigenvalue weighted by Crippen LogP contribution is 2.09. The second-order valence-electron chi connectivity index (χ2n) is 6.04. The Morgan fingerprint density at radius 1 is 0.857 bits per heavy atom. The minimum Gasteiger partial charge on any atom is -0.352 e. The van der Waals surface area contributed by atoms with Gasteiger partial charge in [0.1, 0.15) is 0 Å². The lowest BCUT2D eigenvalue weighted by atomic mass is 10.2. The van der Waals surface area contributed by atoms with Gasteiger partial charge in [-0.05, 0) is 30.2 Å². The number of halogens is 1. The third kappa shape index (κ3) is 7.59. The first kappa shape index (κ1) is 21.1.